The lowest BCUT2D eigenvalue weighted by Gasteiger charge is -2.02. The first kappa shape index (κ1) is 14.8. The van der Waals surface area contributed by atoms with Crippen LogP contribution in [0.25, 0.3) is 11.3 Å². The molecule has 0 radical (unpaired) electrons. The number of hydrogen-bond donors (Lipinski definition) is 0. The van der Waals surface area contributed by atoms with Gasteiger partial charge in [-0.25, -0.2) is 0 Å². The Morgan fingerprint density at radius 2 is 1.77 bits per heavy atom. The van der Waals surface area contributed by atoms with E-state index in [4.69, 9.17) is 11.6 Å². The van der Waals surface area contributed by atoms with Crippen LogP contribution in [0.5, 0.6) is 0 Å². The first-order chi connectivity index (χ1) is 10.6. The fourth-order valence-corrected chi connectivity index (χ4v) is 3.11. The van der Waals surface area contributed by atoms with Crippen molar-refractivity contribution in [2.24, 2.45) is 12.0 Å². The molecular formula is C17H13ClN2OS. The first-order valence-corrected chi connectivity index (χ1v) is 7.95. The van der Waals surface area contributed by atoms with Gasteiger partial charge in [-0.3, -0.25) is 4.79 Å². The molecule has 1 heterocycles. The number of carbonyl (C=O) groups excluding carboxylic acids is 1. The van der Waals surface area contributed by atoms with Gasteiger partial charge >= 0.3 is 0 Å². The summed E-state index contributed by atoms with van der Waals surface area (Å²) >= 11 is 7.28. The Balaban J connectivity index is 1.97. The molecule has 0 atom stereocenters. The number of nitrogens with zero attached hydrogens (tertiary/aromatic N) is 2. The Labute approximate surface area is 137 Å². The number of benzene rings is 2. The molecule has 3 rings (SSSR count). The summed E-state index contributed by atoms with van der Waals surface area (Å²) in [5.41, 5.74) is 2.66. The zero-order valence-corrected chi connectivity index (χ0v) is 13.4. The number of amides is 1. The highest BCUT2D eigenvalue weighted by Crippen LogP contribution is 2.18. The lowest BCUT2D eigenvalue weighted by Crippen LogP contribution is -2.14. The summed E-state index contributed by atoms with van der Waals surface area (Å²) in [7, 11) is 1.91. The maximum absolute atomic E-state index is 12.2. The van der Waals surface area contributed by atoms with Gasteiger partial charge < -0.3 is 4.57 Å². The van der Waals surface area contributed by atoms with Gasteiger partial charge in [0.05, 0.1) is 5.69 Å². The van der Waals surface area contributed by atoms with Crippen LogP contribution in [0, 0.1) is 0 Å². The van der Waals surface area contributed by atoms with Gasteiger partial charge in [-0.05, 0) is 29.8 Å². The predicted octanol–water partition coefficient (Wildman–Crippen LogP) is 4.15. The molecule has 0 N–H and O–H groups in total. The minimum Gasteiger partial charge on any atom is -0.319 e. The zero-order valence-electron chi connectivity index (χ0n) is 11.9. The highest BCUT2D eigenvalue weighted by Gasteiger charge is 2.07. The lowest BCUT2D eigenvalue weighted by molar-refractivity contribution is 0.0998. The molecule has 0 spiro atoms. The number of aromatic nitrogens is 1. The molecule has 0 bridgehead atoms. The van der Waals surface area contributed by atoms with Crippen molar-refractivity contribution in [3.05, 3.63) is 75.4 Å². The van der Waals surface area contributed by atoms with Crippen LogP contribution in [0.4, 0.5) is 0 Å². The monoisotopic (exact) mass is 328 g/mol. The normalized spacial score (nSPS) is 11.6. The van der Waals surface area contributed by atoms with Crippen molar-refractivity contribution < 1.29 is 4.79 Å². The van der Waals surface area contributed by atoms with Crippen LogP contribution in [-0.2, 0) is 7.05 Å². The molecule has 3 nitrogen and oxygen atoms in total. The number of halogens is 1. The molecule has 0 saturated carbocycles. The van der Waals surface area contributed by atoms with Gasteiger partial charge in [0.25, 0.3) is 5.91 Å². The van der Waals surface area contributed by atoms with E-state index in [1.807, 2.05) is 47.3 Å². The van der Waals surface area contributed by atoms with Crippen molar-refractivity contribution in [1.82, 2.24) is 4.57 Å². The minimum atomic E-state index is -0.270. The third-order valence-electron chi connectivity index (χ3n) is 3.28. The Hall–Kier alpha value is -2.17. The number of rotatable bonds is 2. The molecular weight excluding hydrogens is 316 g/mol. The molecule has 3 aromatic rings. The molecule has 0 fully saturated rings. The zero-order chi connectivity index (χ0) is 15.5. The average Bonchev–Trinajstić information content (AvgIpc) is 2.90. The van der Waals surface area contributed by atoms with Crippen LogP contribution in [0.1, 0.15) is 10.4 Å². The van der Waals surface area contributed by atoms with Crippen molar-refractivity contribution in [2.75, 3.05) is 0 Å². The Kier molecular flexibility index (Phi) is 4.22. The lowest BCUT2D eigenvalue weighted by atomic mass is 10.2. The van der Waals surface area contributed by atoms with Crippen LogP contribution >= 0.6 is 22.9 Å². The van der Waals surface area contributed by atoms with Crippen LogP contribution in [0.3, 0.4) is 0 Å². The van der Waals surface area contributed by atoms with Gasteiger partial charge in [0.1, 0.15) is 0 Å². The molecule has 0 unspecified atom stereocenters. The maximum atomic E-state index is 12.2. The van der Waals surface area contributed by atoms with Crippen molar-refractivity contribution in [3.63, 3.8) is 0 Å². The van der Waals surface area contributed by atoms with Crippen LogP contribution in [0.2, 0.25) is 5.02 Å². The van der Waals surface area contributed by atoms with Crippen LogP contribution in [0.15, 0.2) is 65.0 Å². The van der Waals surface area contributed by atoms with E-state index in [9.17, 15) is 4.79 Å². The summed E-state index contributed by atoms with van der Waals surface area (Å²) in [6.45, 7) is 0. The fourth-order valence-electron chi connectivity index (χ4n) is 2.09. The highest BCUT2D eigenvalue weighted by atomic mass is 35.5. The largest absolute Gasteiger partial charge is 0.319 e. The van der Waals surface area contributed by atoms with E-state index >= 15 is 0 Å². The third kappa shape index (κ3) is 3.03. The van der Waals surface area contributed by atoms with Crippen LogP contribution < -0.4 is 4.80 Å². The fraction of sp³-hybridized carbons (Fsp3) is 0.0588. The van der Waals surface area contributed by atoms with Crippen molar-refractivity contribution in [3.8, 4) is 11.3 Å². The van der Waals surface area contributed by atoms with Gasteiger partial charge in [0.2, 0.25) is 0 Å². The summed E-state index contributed by atoms with van der Waals surface area (Å²) in [5.74, 6) is -0.270. The molecule has 22 heavy (non-hydrogen) atoms. The number of carbonyl (C=O) groups is 1. The standard InChI is InChI=1S/C17H13ClN2OS/c1-20-15(12-5-3-2-4-6-12)11-22-17(20)19-16(21)13-7-9-14(18)10-8-13/h2-11H,1H3. The summed E-state index contributed by atoms with van der Waals surface area (Å²) in [5, 5.41) is 2.60. The van der Waals surface area contributed by atoms with Gasteiger partial charge in [-0.1, -0.05) is 41.9 Å². The van der Waals surface area contributed by atoms with E-state index in [0.717, 1.165) is 11.3 Å². The molecule has 0 aliphatic heterocycles. The molecule has 1 aromatic heterocycles. The maximum Gasteiger partial charge on any atom is 0.279 e. The Bertz CT molecular complexity index is 864. The minimum absolute atomic E-state index is 0.270. The average molecular weight is 329 g/mol. The summed E-state index contributed by atoms with van der Waals surface area (Å²) in [6, 6.07) is 16.8. The molecule has 0 aliphatic carbocycles. The highest BCUT2D eigenvalue weighted by molar-refractivity contribution is 7.07. The molecule has 0 aliphatic rings. The van der Waals surface area contributed by atoms with E-state index in [2.05, 4.69) is 4.99 Å². The van der Waals surface area contributed by atoms with Crippen molar-refractivity contribution >= 4 is 28.8 Å². The van der Waals surface area contributed by atoms with Crippen molar-refractivity contribution in [2.45, 2.75) is 0 Å². The van der Waals surface area contributed by atoms with E-state index in [0.29, 0.717) is 15.4 Å². The second-order valence-electron chi connectivity index (χ2n) is 4.75. The number of hydrogen-bond acceptors (Lipinski definition) is 2. The molecule has 5 heteroatoms. The number of thiazole rings is 1. The van der Waals surface area contributed by atoms with Gasteiger partial charge in [0, 0.05) is 23.0 Å². The molecule has 1 amide bonds. The van der Waals surface area contributed by atoms with E-state index in [1.165, 1.54) is 11.3 Å². The third-order valence-corrected chi connectivity index (χ3v) is 4.45. The smallest absolute Gasteiger partial charge is 0.279 e. The second kappa shape index (κ2) is 6.30. The summed E-state index contributed by atoms with van der Waals surface area (Å²) in [4.78, 5) is 17.1. The Morgan fingerprint density at radius 3 is 2.45 bits per heavy atom. The SMILES string of the molecule is Cn1c(-c2ccccc2)csc1=NC(=O)c1ccc(Cl)cc1. The quantitative estimate of drug-likeness (QED) is 0.696. The first-order valence-electron chi connectivity index (χ1n) is 6.70. The second-order valence-corrected chi connectivity index (χ2v) is 6.03. The Morgan fingerprint density at radius 1 is 1.09 bits per heavy atom. The van der Waals surface area contributed by atoms with Gasteiger partial charge in [-0.15, -0.1) is 11.3 Å². The van der Waals surface area contributed by atoms with Gasteiger partial charge in [0.15, 0.2) is 4.80 Å². The van der Waals surface area contributed by atoms with Crippen molar-refractivity contribution in [1.29, 1.82) is 0 Å². The van der Waals surface area contributed by atoms with Gasteiger partial charge in [-0.2, -0.15) is 4.99 Å². The molecule has 0 saturated heterocycles. The van der Waals surface area contributed by atoms with Crippen LogP contribution in [-0.4, -0.2) is 10.5 Å². The summed E-state index contributed by atoms with van der Waals surface area (Å²) < 4.78 is 1.92. The van der Waals surface area contributed by atoms with E-state index in [1.54, 1.807) is 24.3 Å². The molecule has 110 valence electrons. The van der Waals surface area contributed by atoms with E-state index in [-0.39, 0.29) is 5.91 Å². The van der Waals surface area contributed by atoms with E-state index < -0.39 is 0 Å². The molecule has 2 aromatic carbocycles. The topological polar surface area (TPSA) is 34.4 Å². The summed E-state index contributed by atoms with van der Waals surface area (Å²) in [6.07, 6.45) is 0. The predicted molar refractivity (Wildman–Crippen MR) is 90.1 cm³/mol.